The van der Waals surface area contributed by atoms with E-state index in [0.29, 0.717) is 10.7 Å². The van der Waals surface area contributed by atoms with E-state index in [4.69, 9.17) is 30.0 Å². The van der Waals surface area contributed by atoms with Crippen molar-refractivity contribution in [1.82, 2.24) is 0 Å². The van der Waals surface area contributed by atoms with E-state index in [9.17, 15) is 13.2 Å². The van der Waals surface area contributed by atoms with Gasteiger partial charge in [0.2, 0.25) is 5.39 Å². The molecule has 0 aromatic heterocycles. The van der Waals surface area contributed by atoms with Gasteiger partial charge in [-0.05, 0) is 12.1 Å². The molecule has 2 aromatic rings. The first-order chi connectivity index (χ1) is 9.58. The molecule has 0 radical (unpaired) electrons. The molecule has 0 fully saturated rings. The van der Waals surface area contributed by atoms with Gasteiger partial charge in [-0.25, -0.2) is 8.42 Å². The Morgan fingerprint density at radius 1 is 1.10 bits per heavy atom. The molecule has 0 saturated carbocycles. The summed E-state index contributed by atoms with van der Waals surface area (Å²) in [4.78, 5) is 3.18. The number of rotatable bonds is 0. The first-order valence-corrected chi connectivity index (χ1v) is 6.91. The Kier molecular flexibility index (Phi) is 5.11. The van der Waals surface area contributed by atoms with Crippen LogP contribution in [-0.4, -0.2) is 18.5 Å². The highest BCUT2D eigenvalue weighted by atomic mass is 35.5. The van der Waals surface area contributed by atoms with Crippen LogP contribution in [0.25, 0.3) is 15.7 Å². The summed E-state index contributed by atoms with van der Waals surface area (Å²) in [5.41, 5.74) is -5.10. The second kappa shape index (κ2) is 6.26. The Morgan fingerprint density at radius 3 is 2.00 bits per heavy atom. The molecule has 0 N–H and O–H groups in total. The molecule has 0 aliphatic heterocycles. The van der Waals surface area contributed by atoms with Crippen LogP contribution >= 0.6 is 11.6 Å². The van der Waals surface area contributed by atoms with E-state index in [0.717, 1.165) is 10.8 Å². The normalized spacial score (nSPS) is 11.4. The van der Waals surface area contributed by atoms with Crippen LogP contribution in [0.15, 0.2) is 36.4 Å². The molecule has 0 heterocycles. The minimum absolute atomic E-state index is 0.542. The van der Waals surface area contributed by atoms with Crippen LogP contribution in [0, 0.1) is 5.39 Å². The van der Waals surface area contributed by atoms with E-state index in [1.54, 1.807) is 12.1 Å². The SMILES string of the molecule is N#[N+]c1ccc(Cl)c2ccccc12.O=S(=O)([O-])C(F)(F)F. The van der Waals surface area contributed by atoms with Crippen molar-refractivity contribution >= 4 is 38.2 Å². The van der Waals surface area contributed by atoms with Crippen molar-refractivity contribution in [3.8, 4) is 0 Å². The maximum Gasteiger partial charge on any atom is 0.485 e. The lowest BCUT2D eigenvalue weighted by molar-refractivity contribution is -0.0517. The Morgan fingerprint density at radius 2 is 1.57 bits per heavy atom. The third kappa shape index (κ3) is 4.29. The van der Waals surface area contributed by atoms with Crippen LogP contribution in [0.2, 0.25) is 5.02 Å². The number of hydrogen-bond donors (Lipinski definition) is 0. The lowest BCUT2D eigenvalue weighted by atomic mass is 10.1. The first kappa shape index (κ1) is 17.2. The zero-order valence-corrected chi connectivity index (χ0v) is 11.6. The number of benzene rings is 2. The van der Waals surface area contributed by atoms with Gasteiger partial charge in [0.1, 0.15) is 0 Å². The Balaban J connectivity index is 0.000000240. The van der Waals surface area contributed by atoms with Crippen molar-refractivity contribution in [2.75, 3.05) is 0 Å². The number of fused-ring (bicyclic) bond motifs is 1. The lowest BCUT2D eigenvalue weighted by Crippen LogP contribution is -2.21. The number of diazo groups is 1. The molecule has 5 nitrogen and oxygen atoms in total. The van der Waals surface area contributed by atoms with Crippen LogP contribution in [-0.2, 0) is 10.1 Å². The molecule has 0 spiro atoms. The van der Waals surface area contributed by atoms with Crippen LogP contribution in [0.1, 0.15) is 0 Å². The van der Waals surface area contributed by atoms with Gasteiger partial charge in [-0.1, -0.05) is 29.8 Å². The van der Waals surface area contributed by atoms with Gasteiger partial charge in [-0.15, -0.1) is 0 Å². The molecule has 10 heteroatoms. The molecule has 0 aliphatic rings. The number of alkyl halides is 3. The van der Waals surface area contributed by atoms with Gasteiger partial charge in [0.05, 0.1) is 5.39 Å². The molecular weight excluding hydrogens is 333 g/mol. The highest BCUT2D eigenvalue weighted by Crippen LogP contribution is 2.31. The molecule has 0 saturated heterocycles. The predicted molar refractivity (Wildman–Crippen MR) is 69.5 cm³/mol. The summed E-state index contributed by atoms with van der Waals surface area (Å²) in [5.74, 6) is 0. The molecule has 21 heavy (non-hydrogen) atoms. The highest BCUT2D eigenvalue weighted by Gasteiger charge is 2.36. The standard InChI is InChI=1S/C10H6ClN2.CHF3O3S/c11-9-5-6-10(13-12)8-4-2-1-3-7(8)9;2-1(3,4)8(5,6)7/h1-6H;(H,5,6,7)/q+1;/p-1. The zero-order chi connectivity index (χ0) is 16.3. The summed E-state index contributed by atoms with van der Waals surface area (Å²) in [7, 11) is -6.09. The summed E-state index contributed by atoms with van der Waals surface area (Å²) in [6.45, 7) is 0. The van der Waals surface area contributed by atoms with E-state index in [1.165, 1.54) is 0 Å². The second-order valence-electron chi connectivity index (χ2n) is 3.61. The fourth-order valence-electron chi connectivity index (χ4n) is 1.33. The van der Waals surface area contributed by atoms with Crippen molar-refractivity contribution in [3.05, 3.63) is 46.4 Å². The minimum Gasteiger partial charge on any atom is -0.741 e. The van der Waals surface area contributed by atoms with Crippen LogP contribution in [0.3, 0.4) is 0 Å². The summed E-state index contributed by atoms with van der Waals surface area (Å²) in [6.07, 6.45) is 0. The fourth-order valence-corrected chi connectivity index (χ4v) is 1.56. The molecule has 2 rings (SSSR count). The van der Waals surface area contributed by atoms with Gasteiger partial charge in [-0.2, -0.15) is 13.2 Å². The van der Waals surface area contributed by atoms with Crippen molar-refractivity contribution in [3.63, 3.8) is 0 Å². The second-order valence-corrected chi connectivity index (χ2v) is 5.39. The van der Waals surface area contributed by atoms with Crippen molar-refractivity contribution in [1.29, 1.82) is 5.39 Å². The molecule has 0 amide bonds. The Labute approximate surface area is 122 Å². The molecule has 0 atom stereocenters. The number of nitrogens with zero attached hydrogens (tertiary/aromatic N) is 2. The molecular formula is C11H6ClF3N2O3S. The topological polar surface area (TPSA) is 85.3 Å². The van der Waals surface area contributed by atoms with Gasteiger partial charge in [0.15, 0.2) is 15.1 Å². The lowest BCUT2D eigenvalue weighted by Gasteiger charge is -2.08. The summed E-state index contributed by atoms with van der Waals surface area (Å²) in [6, 6.07) is 11.0. The fraction of sp³-hybridized carbons (Fsp3) is 0.0909. The van der Waals surface area contributed by atoms with Gasteiger partial charge in [0, 0.05) is 16.5 Å². The van der Waals surface area contributed by atoms with E-state index in [2.05, 4.69) is 4.98 Å². The van der Waals surface area contributed by atoms with Crippen LogP contribution in [0.4, 0.5) is 18.9 Å². The smallest absolute Gasteiger partial charge is 0.485 e. The maximum absolute atomic E-state index is 10.7. The summed E-state index contributed by atoms with van der Waals surface area (Å²) >= 11 is 5.96. The molecule has 0 aliphatic carbocycles. The van der Waals surface area contributed by atoms with Crippen LogP contribution in [0.5, 0.6) is 0 Å². The predicted octanol–water partition coefficient (Wildman–Crippen LogP) is 4.03. The van der Waals surface area contributed by atoms with E-state index >= 15 is 0 Å². The Hall–Kier alpha value is -1.89. The number of halogens is 4. The average molecular weight is 339 g/mol. The van der Waals surface area contributed by atoms with E-state index in [1.807, 2.05) is 24.3 Å². The monoisotopic (exact) mass is 338 g/mol. The maximum atomic E-state index is 10.7. The van der Waals surface area contributed by atoms with Gasteiger partial charge in [-0.3, -0.25) is 0 Å². The summed E-state index contributed by atoms with van der Waals surface area (Å²) in [5, 5.41) is 11.1. The molecule has 0 unspecified atom stereocenters. The molecule has 112 valence electrons. The van der Waals surface area contributed by atoms with E-state index < -0.39 is 15.6 Å². The van der Waals surface area contributed by atoms with Crippen LogP contribution < -0.4 is 0 Å². The number of hydrogen-bond acceptors (Lipinski definition) is 4. The van der Waals surface area contributed by atoms with Crippen molar-refractivity contribution in [2.24, 2.45) is 0 Å². The Bertz CT molecular complexity index is 800. The largest absolute Gasteiger partial charge is 0.741 e. The first-order valence-electron chi connectivity index (χ1n) is 5.12. The zero-order valence-electron chi connectivity index (χ0n) is 10.0. The third-order valence-electron chi connectivity index (χ3n) is 2.24. The van der Waals surface area contributed by atoms with Gasteiger partial charge in [0.25, 0.3) is 0 Å². The van der Waals surface area contributed by atoms with E-state index in [-0.39, 0.29) is 0 Å². The average Bonchev–Trinajstić information content (AvgIpc) is 2.38. The van der Waals surface area contributed by atoms with Gasteiger partial charge < -0.3 is 4.55 Å². The van der Waals surface area contributed by atoms with Gasteiger partial charge >= 0.3 is 11.2 Å². The molecule has 0 bridgehead atoms. The third-order valence-corrected chi connectivity index (χ3v) is 3.14. The van der Waals surface area contributed by atoms with Crippen molar-refractivity contribution < 1.29 is 26.1 Å². The minimum atomic E-state index is -6.09. The highest BCUT2D eigenvalue weighted by molar-refractivity contribution is 7.86. The van der Waals surface area contributed by atoms with Crippen molar-refractivity contribution in [2.45, 2.75) is 5.51 Å². The summed E-state index contributed by atoms with van der Waals surface area (Å²) < 4.78 is 58.9. The molecule has 2 aromatic carbocycles. The quantitative estimate of drug-likeness (QED) is 0.412.